The van der Waals surface area contributed by atoms with E-state index >= 15 is 0 Å². The number of carbonyl (C=O) groups excluding carboxylic acids is 3. The van der Waals surface area contributed by atoms with E-state index in [0.717, 1.165) is 0 Å². The molecule has 4 rings (SSSR count). The highest BCUT2D eigenvalue weighted by Gasteiger charge is 2.57. The van der Waals surface area contributed by atoms with Crippen LogP contribution in [0.1, 0.15) is 33.6 Å². The molecule has 25 heavy (non-hydrogen) atoms. The van der Waals surface area contributed by atoms with E-state index < -0.39 is 29.2 Å². The van der Waals surface area contributed by atoms with Crippen LogP contribution in [0.15, 0.2) is 48.5 Å². The largest absolute Gasteiger partial charge is 0.472 e. The molecular formula is C18H12FNO5. The Morgan fingerprint density at radius 1 is 0.960 bits per heavy atom. The highest BCUT2D eigenvalue weighted by molar-refractivity contribution is 6.21. The zero-order valence-corrected chi connectivity index (χ0v) is 12.9. The van der Waals surface area contributed by atoms with Crippen molar-refractivity contribution in [2.45, 2.75) is 18.4 Å². The first-order valence-electron chi connectivity index (χ1n) is 7.66. The Bertz CT molecular complexity index is 871. The van der Waals surface area contributed by atoms with Crippen LogP contribution in [0.4, 0.5) is 4.39 Å². The average molecular weight is 341 g/mol. The number of nitrogens with zero attached hydrogens (tertiary/aromatic N) is 1. The van der Waals surface area contributed by atoms with Gasteiger partial charge in [0.25, 0.3) is 11.8 Å². The summed E-state index contributed by atoms with van der Waals surface area (Å²) in [4.78, 5) is 41.9. The van der Waals surface area contributed by atoms with Crippen LogP contribution in [0.3, 0.4) is 0 Å². The van der Waals surface area contributed by atoms with Crippen molar-refractivity contribution in [2.75, 3.05) is 0 Å². The maximum absolute atomic E-state index is 13.7. The summed E-state index contributed by atoms with van der Waals surface area (Å²) < 4.78 is 19.2. The summed E-state index contributed by atoms with van der Waals surface area (Å²) in [6, 6.07) is 11.9. The van der Waals surface area contributed by atoms with Crippen molar-refractivity contribution in [3.05, 3.63) is 65.5 Å². The van der Waals surface area contributed by atoms with Crippen LogP contribution >= 0.6 is 0 Å². The number of benzene rings is 2. The molecule has 0 aromatic heterocycles. The number of rotatable bonds is 4. The molecule has 2 aliphatic rings. The van der Waals surface area contributed by atoms with Gasteiger partial charge in [-0.25, -0.2) is 9.18 Å². The molecule has 1 heterocycles. The molecule has 0 bridgehead atoms. The second-order valence-corrected chi connectivity index (χ2v) is 5.86. The van der Waals surface area contributed by atoms with E-state index in [1.807, 2.05) is 0 Å². The monoisotopic (exact) mass is 341 g/mol. The Morgan fingerprint density at radius 3 is 2.08 bits per heavy atom. The Morgan fingerprint density at radius 2 is 1.52 bits per heavy atom. The van der Waals surface area contributed by atoms with Crippen molar-refractivity contribution < 1.29 is 28.3 Å². The summed E-state index contributed by atoms with van der Waals surface area (Å²) in [5.74, 6) is -3.02. The maximum Gasteiger partial charge on any atom is 0.376 e. The number of halogens is 1. The van der Waals surface area contributed by atoms with Crippen LogP contribution in [-0.2, 0) is 9.63 Å². The lowest BCUT2D eigenvalue weighted by Gasteiger charge is -2.19. The molecule has 1 aliphatic carbocycles. The molecule has 0 spiro atoms. The number of hydrogen-bond acceptors (Lipinski definition) is 5. The van der Waals surface area contributed by atoms with E-state index in [2.05, 4.69) is 0 Å². The molecule has 7 heteroatoms. The molecule has 0 atom stereocenters. The molecule has 126 valence electrons. The standard InChI is InChI=1S/C18H12FNO5/c19-13-7-3-4-8-14(13)24-18(9-10-18)17(23)25-20-15(21)11-5-1-2-6-12(11)16(20)22/h1-8H,9-10H2. The van der Waals surface area contributed by atoms with E-state index in [1.54, 1.807) is 18.2 Å². The van der Waals surface area contributed by atoms with Crippen molar-refractivity contribution >= 4 is 17.8 Å². The number of hydroxylamine groups is 2. The molecule has 2 aromatic carbocycles. The van der Waals surface area contributed by atoms with Crippen molar-refractivity contribution in [1.29, 1.82) is 0 Å². The molecule has 6 nitrogen and oxygen atoms in total. The van der Waals surface area contributed by atoms with Gasteiger partial charge in [0.05, 0.1) is 11.1 Å². The molecule has 0 N–H and O–H groups in total. The highest BCUT2D eigenvalue weighted by Crippen LogP contribution is 2.42. The first kappa shape index (κ1) is 15.3. The Kier molecular flexibility index (Phi) is 3.31. The average Bonchev–Trinajstić information content (AvgIpc) is 3.37. The molecule has 0 unspecified atom stereocenters. The van der Waals surface area contributed by atoms with Crippen molar-refractivity contribution in [3.8, 4) is 5.75 Å². The van der Waals surface area contributed by atoms with E-state index in [4.69, 9.17) is 9.57 Å². The predicted molar refractivity (Wildman–Crippen MR) is 82.0 cm³/mol. The summed E-state index contributed by atoms with van der Waals surface area (Å²) >= 11 is 0. The van der Waals surface area contributed by atoms with Crippen LogP contribution in [-0.4, -0.2) is 28.4 Å². The minimum atomic E-state index is -1.38. The molecule has 2 amide bonds. The second-order valence-electron chi connectivity index (χ2n) is 5.86. The summed E-state index contributed by atoms with van der Waals surface area (Å²) in [5.41, 5.74) is -1.04. The third-order valence-corrected chi connectivity index (χ3v) is 4.15. The number of hydrogen-bond donors (Lipinski definition) is 0. The van der Waals surface area contributed by atoms with E-state index in [9.17, 15) is 18.8 Å². The lowest BCUT2D eigenvalue weighted by atomic mass is 10.1. The first-order valence-corrected chi connectivity index (χ1v) is 7.66. The van der Waals surface area contributed by atoms with E-state index in [1.165, 1.54) is 30.3 Å². The van der Waals surface area contributed by atoms with Crippen LogP contribution in [0.25, 0.3) is 0 Å². The molecule has 1 aliphatic heterocycles. The third kappa shape index (κ3) is 2.44. The zero-order valence-electron chi connectivity index (χ0n) is 12.9. The Labute approximate surface area is 141 Å². The minimum Gasteiger partial charge on any atom is -0.472 e. The zero-order chi connectivity index (χ0) is 17.6. The van der Waals surface area contributed by atoms with Crippen molar-refractivity contribution in [2.24, 2.45) is 0 Å². The lowest BCUT2D eigenvalue weighted by Crippen LogP contribution is -2.40. The SMILES string of the molecule is O=C1c2ccccc2C(=O)N1OC(=O)C1(Oc2ccccc2F)CC1. The fourth-order valence-corrected chi connectivity index (χ4v) is 2.62. The highest BCUT2D eigenvalue weighted by atomic mass is 19.1. The van der Waals surface area contributed by atoms with Crippen LogP contribution in [0.5, 0.6) is 5.75 Å². The molecule has 0 radical (unpaired) electrons. The number of ether oxygens (including phenoxy) is 1. The van der Waals surface area contributed by atoms with Gasteiger partial charge < -0.3 is 9.57 Å². The Balaban J connectivity index is 1.52. The number of imide groups is 1. The lowest BCUT2D eigenvalue weighted by molar-refractivity contribution is -0.179. The topological polar surface area (TPSA) is 72.9 Å². The van der Waals surface area contributed by atoms with Gasteiger partial charge in [-0.3, -0.25) is 9.59 Å². The molecule has 1 fully saturated rings. The van der Waals surface area contributed by atoms with Gasteiger partial charge in [-0.2, -0.15) is 0 Å². The predicted octanol–water partition coefficient (Wildman–Crippen LogP) is 2.49. The van der Waals surface area contributed by atoms with Gasteiger partial charge in [-0.15, -0.1) is 0 Å². The summed E-state index contributed by atoms with van der Waals surface area (Å²) in [7, 11) is 0. The van der Waals surface area contributed by atoms with Crippen LogP contribution in [0.2, 0.25) is 0 Å². The van der Waals surface area contributed by atoms with Crippen LogP contribution in [0, 0.1) is 5.82 Å². The van der Waals surface area contributed by atoms with Crippen molar-refractivity contribution in [1.82, 2.24) is 5.06 Å². The smallest absolute Gasteiger partial charge is 0.376 e. The second kappa shape index (κ2) is 5.41. The van der Waals surface area contributed by atoms with Crippen molar-refractivity contribution in [3.63, 3.8) is 0 Å². The number of fused-ring (bicyclic) bond motifs is 1. The van der Waals surface area contributed by atoms with Gasteiger partial charge in [0, 0.05) is 12.8 Å². The molecule has 0 saturated heterocycles. The van der Waals surface area contributed by atoms with Gasteiger partial charge >= 0.3 is 5.97 Å². The van der Waals surface area contributed by atoms with Gasteiger partial charge in [-0.1, -0.05) is 29.3 Å². The first-order chi connectivity index (χ1) is 12.0. The summed E-state index contributed by atoms with van der Waals surface area (Å²) in [6.07, 6.45) is 0.618. The van der Waals surface area contributed by atoms with Crippen LogP contribution < -0.4 is 4.74 Å². The van der Waals surface area contributed by atoms with Gasteiger partial charge in [-0.05, 0) is 24.3 Å². The fraction of sp³-hybridized carbons (Fsp3) is 0.167. The summed E-state index contributed by atoms with van der Waals surface area (Å²) in [6.45, 7) is 0. The quantitative estimate of drug-likeness (QED) is 0.799. The fourth-order valence-electron chi connectivity index (χ4n) is 2.62. The normalized spacial score (nSPS) is 17.2. The molecule has 1 saturated carbocycles. The van der Waals surface area contributed by atoms with Gasteiger partial charge in [0.2, 0.25) is 5.60 Å². The van der Waals surface area contributed by atoms with E-state index in [-0.39, 0.29) is 16.9 Å². The molecular weight excluding hydrogens is 329 g/mol. The third-order valence-electron chi connectivity index (χ3n) is 4.15. The number of carbonyl (C=O) groups is 3. The number of para-hydroxylation sites is 1. The summed E-state index contributed by atoms with van der Waals surface area (Å²) in [5, 5.41) is 0.428. The maximum atomic E-state index is 13.7. The van der Waals surface area contributed by atoms with E-state index in [0.29, 0.717) is 17.9 Å². The Hall–Kier alpha value is -3.22. The van der Waals surface area contributed by atoms with Gasteiger partial charge in [0.1, 0.15) is 0 Å². The van der Waals surface area contributed by atoms with Gasteiger partial charge in [0.15, 0.2) is 11.6 Å². The number of amides is 2. The minimum absolute atomic E-state index is 0.0840. The molecule has 2 aromatic rings.